The maximum atomic E-state index is 11.8. The van der Waals surface area contributed by atoms with Crippen LogP contribution in [0.5, 0.6) is 0 Å². The predicted molar refractivity (Wildman–Crippen MR) is 129 cm³/mol. The number of halogens is 1. The van der Waals surface area contributed by atoms with E-state index in [-0.39, 0.29) is 19.2 Å². The molecule has 0 atom stereocenters. The van der Waals surface area contributed by atoms with E-state index in [0.717, 1.165) is 6.42 Å². The van der Waals surface area contributed by atoms with Crippen LogP contribution in [0.2, 0.25) is 0 Å². The summed E-state index contributed by atoms with van der Waals surface area (Å²) in [5.41, 5.74) is 0. The monoisotopic (exact) mass is 530 g/mol. The molecule has 0 N–H and O–H groups in total. The zero-order chi connectivity index (χ0) is 26.2. The van der Waals surface area contributed by atoms with Crippen LogP contribution in [0.25, 0.3) is 0 Å². The van der Waals surface area contributed by atoms with Gasteiger partial charge in [0.2, 0.25) is 0 Å². The van der Waals surface area contributed by atoms with Crippen molar-refractivity contribution in [1.82, 2.24) is 0 Å². The number of esters is 1. The lowest BCUT2D eigenvalue weighted by Gasteiger charge is -2.09. The van der Waals surface area contributed by atoms with Crippen LogP contribution in [-0.2, 0) is 52.2 Å². The Morgan fingerprint density at radius 1 is 0.444 bits per heavy atom. The van der Waals surface area contributed by atoms with Gasteiger partial charge in [-0.3, -0.25) is 4.79 Å². The lowest BCUT2D eigenvalue weighted by atomic mass is 10.3. The van der Waals surface area contributed by atoms with Gasteiger partial charge >= 0.3 is 5.97 Å². The number of rotatable bonds is 31. The molecule has 12 heteroatoms. The molecule has 0 amide bonds. The summed E-state index contributed by atoms with van der Waals surface area (Å²) in [6.45, 7) is 9.80. The molecule has 216 valence electrons. The van der Waals surface area contributed by atoms with Crippen molar-refractivity contribution in [3.63, 3.8) is 0 Å². The fourth-order valence-corrected chi connectivity index (χ4v) is 2.41. The van der Waals surface area contributed by atoms with Crippen LogP contribution in [0.15, 0.2) is 0 Å². The minimum Gasteiger partial charge on any atom is -0.463 e. The zero-order valence-corrected chi connectivity index (χ0v) is 21.9. The Balaban J connectivity index is 3.04. The Labute approximate surface area is 215 Å². The fraction of sp³-hybridized carbons (Fsp3) is 0.958. The molecule has 0 aromatic rings. The van der Waals surface area contributed by atoms with E-state index in [1.165, 1.54) is 0 Å². The van der Waals surface area contributed by atoms with E-state index in [9.17, 15) is 9.18 Å². The van der Waals surface area contributed by atoms with Crippen LogP contribution in [0, 0.1) is 0 Å². The molecule has 0 saturated heterocycles. The first-order valence-electron chi connectivity index (χ1n) is 12.7. The summed E-state index contributed by atoms with van der Waals surface area (Å²) in [5.74, 6) is -0.190. The van der Waals surface area contributed by atoms with Gasteiger partial charge in [-0.05, 0) is 6.42 Å². The second-order valence-corrected chi connectivity index (χ2v) is 7.17. The molecule has 0 heterocycles. The third-order valence-corrected chi connectivity index (χ3v) is 4.14. The average molecular weight is 531 g/mol. The van der Waals surface area contributed by atoms with Gasteiger partial charge in [-0.25, -0.2) is 4.39 Å². The molecule has 0 spiro atoms. The smallest absolute Gasteiger partial charge is 0.305 e. The van der Waals surface area contributed by atoms with Crippen molar-refractivity contribution >= 4 is 5.97 Å². The van der Waals surface area contributed by atoms with E-state index < -0.39 is 6.67 Å². The van der Waals surface area contributed by atoms with Crippen molar-refractivity contribution in [3.05, 3.63) is 0 Å². The van der Waals surface area contributed by atoms with E-state index in [1.54, 1.807) is 0 Å². The van der Waals surface area contributed by atoms with Gasteiger partial charge in [0.1, 0.15) is 13.3 Å². The van der Waals surface area contributed by atoms with Crippen LogP contribution < -0.4 is 0 Å². The van der Waals surface area contributed by atoms with Gasteiger partial charge < -0.3 is 47.4 Å². The van der Waals surface area contributed by atoms with Crippen LogP contribution in [0.3, 0.4) is 0 Å². The van der Waals surface area contributed by atoms with Crippen molar-refractivity contribution < 1.29 is 56.6 Å². The molecular weight excluding hydrogens is 483 g/mol. The highest BCUT2D eigenvalue weighted by Crippen LogP contribution is 1.91. The molecule has 0 fully saturated rings. The minimum atomic E-state index is -0.475. The first kappa shape index (κ1) is 35.0. The Hall–Kier alpha value is -0.960. The second kappa shape index (κ2) is 32.1. The molecule has 0 rings (SSSR count). The topological polar surface area (TPSA) is 109 Å². The first-order chi connectivity index (χ1) is 17.8. The summed E-state index contributed by atoms with van der Waals surface area (Å²) in [7, 11) is 0. The molecule has 0 saturated carbocycles. The molecule has 11 nitrogen and oxygen atoms in total. The summed E-state index contributed by atoms with van der Waals surface area (Å²) >= 11 is 0. The van der Waals surface area contributed by atoms with Crippen LogP contribution >= 0.6 is 0 Å². The summed E-state index contributed by atoms with van der Waals surface area (Å²) in [6.07, 6.45) is 1.23. The van der Waals surface area contributed by atoms with Crippen molar-refractivity contribution in [2.45, 2.75) is 19.8 Å². The largest absolute Gasteiger partial charge is 0.463 e. The van der Waals surface area contributed by atoms with Crippen molar-refractivity contribution in [1.29, 1.82) is 0 Å². The summed E-state index contributed by atoms with van der Waals surface area (Å²) in [4.78, 5) is 11.1. The van der Waals surface area contributed by atoms with Crippen molar-refractivity contribution in [2.75, 3.05) is 132 Å². The van der Waals surface area contributed by atoms with Gasteiger partial charge in [0.05, 0.1) is 119 Å². The number of hydrogen-bond acceptors (Lipinski definition) is 11. The molecule has 0 bridgehead atoms. The Morgan fingerprint density at radius 2 is 0.694 bits per heavy atom. The Kier molecular flexibility index (Phi) is 31.2. The van der Waals surface area contributed by atoms with Gasteiger partial charge in [0.15, 0.2) is 0 Å². The van der Waals surface area contributed by atoms with Crippen LogP contribution in [0.4, 0.5) is 4.39 Å². The molecule has 36 heavy (non-hydrogen) atoms. The van der Waals surface area contributed by atoms with Gasteiger partial charge in [-0.2, -0.15) is 0 Å². The highest BCUT2D eigenvalue weighted by atomic mass is 19.1. The van der Waals surface area contributed by atoms with Crippen LogP contribution in [0.1, 0.15) is 19.8 Å². The summed E-state index contributed by atoms with van der Waals surface area (Å²) in [5, 5.41) is 0. The molecular formula is C24H47FO11. The quantitative estimate of drug-likeness (QED) is 0.0960. The van der Waals surface area contributed by atoms with E-state index >= 15 is 0 Å². The number of carbonyl (C=O) groups is 1. The lowest BCUT2D eigenvalue weighted by Crippen LogP contribution is -2.15. The number of ether oxygens (including phenoxy) is 10. The van der Waals surface area contributed by atoms with Crippen molar-refractivity contribution in [2.24, 2.45) is 0 Å². The number of hydrogen-bond donors (Lipinski definition) is 0. The summed E-state index contributed by atoms with van der Waals surface area (Å²) in [6, 6.07) is 0. The van der Waals surface area contributed by atoms with Gasteiger partial charge in [0.25, 0.3) is 0 Å². The highest BCUT2D eigenvalue weighted by Gasteiger charge is 2.00. The molecule has 0 aliphatic heterocycles. The van der Waals surface area contributed by atoms with E-state index in [4.69, 9.17) is 47.4 Å². The normalized spacial score (nSPS) is 11.3. The maximum absolute atomic E-state index is 11.8. The standard InChI is InChI=1S/C24H47FO11/c1-2-3-24(26)36-23-22-35-21-20-34-19-18-33-17-16-32-15-14-31-13-12-30-11-10-29-9-8-28-7-6-27-5-4-25/h2-23H2,1H3. The Morgan fingerprint density at radius 3 is 0.944 bits per heavy atom. The molecule has 0 aromatic heterocycles. The maximum Gasteiger partial charge on any atom is 0.305 e. The molecule has 0 unspecified atom stereocenters. The fourth-order valence-electron chi connectivity index (χ4n) is 2.41. The van der Waals surface area contributed by atoms with Crippen LogP contribution in [-0.4, -0.2) is 138 Å². The molecule has 0 aliphatic rings. The second-order valence-electron chi connectivity index (χ2n) is 7.17. The SMILES string of the molecule is CCCC(=O)OCCOCCOCCOCCOCCOCCOCCOCCOCCOCCF. The molecule has 0 radical (unpaired) electrons. The highest BCUT2D eigenvalue weighted by molar-refractivity contribution is 5.69. The third-order valence-electron chi connectivity index (χ3n) is 4.14. The van der Waals surface area contributed by atoms with Gasteiger partial charge in [0, 0.05) is 6.42 Å². The predicted octanol–water partition coefficient (Wildman–Crippen LogP) is 1.45. The summed E-state index contributed by atoms with van der Waals surface area (Å²) < 4.78 is 64.7. The Bertz CT molecular complexity index is 433. The van der Waals surface area contributed by atoms with Crippen molar-refractivity contribution in [3.8, 4) is 0 Å². The van der Waals surface area contributed by atoms with Gasteiger partial charge in [-0.1, -0.05) is 6.92 Å². The van der Waals surface area contributed by atoms with E-state index in [0.29, 0.717) is 119 Å². The number of alkyl halides is 1. The molecule has 0 aromatic carbocycles. The van der Waals surface area contributed by atoms with E-state index in [1.807, 2.05) is 6.92 Å². The van der Waals surface area contributed by atoms with Gasteiger partial charge in [-0.15, -0.1) is 0 Å². The minimum absolute atomic E-state index is 0.112. The average Bonchev–Trinajstić information content (AvgIpc) is 2.88. The molecule has 0 aliphatic carbocycles. The zero-order valence-electron chi connectivity index (χ0n) is 21.9. The first-order valence-corrected chi connectivity index (χ1v) is 12.7. The number of carbonyl (C=O) groups excluding carboxylic acids is 1. The lowest BCUT2D eigenvalue weighted by molar-refractivity contribution is -0.145. The third kappa shape index (κ3) is 31.1. The van der Waals surface area contributed by atoms with E-state index in [2.05, 4.69) is 0 Å².